The van der Waals surface area contributed by atoms with Crippen molar-refractivity contribution in [3.8, 4) is 11.5 Å². The van der Waals surface area contributed by atoms with E-state index in [2.05, 4.69) is 31.9 Å². The predicted molar refractivity (Wildman–Crippen MR) is 115 cm³/mol. The first-order chi connectivity index (χ1) is 14.1. The van der Waals surface area contributed by atoms with E-state index in [0.717, 1.165) is 66.9 Å². The molecule has 1 aliphatic heterocycles. The second-order valence-corrected chi connectivity index (χ2v) is 7.94. The summed E-state index contributed by atoms with van der Waals surface area (Å²) in [5, 5.41) is 10.4. The summed E-state index contributed by atoms with van der Waals surface area (Å²) in [5.74, 6) is 1.59. The number of thioether (sulfide) groups is 1. The van der Waals surface area contributed by atoms with Crippen LogP contribution in [0.4, 0.5) is 0 Å². The van der Waals surface area contributed by atoms with E-state index < -0.39 is 0 Å². The third-order valence-electron chi connectivity index (χ3n) is 5.22. The number of aromatic nitrogens is 2. The van der Waals surface area contributed by atoms with Crippen LogP contribution >= 0.6 is 11.8 Å². The van der Waals surface area contributed by atoms with Gasteiger partial charge in [0.1, 0.15) is 11.5 Å². The highest BCUT2D eigenvalue weighted by atomic mass is 32.2. The van der Waals surface area contributed by atoms with Crippen molar-refractivity contribution in [2.24, 2.45) is 0 Å². The fourth-order valence-corrected chi connectivity index (χ4v) is 4.03. The second kappa shape index (κ2) is 10.8. The van der Waals surface area contributed by atoms with Crippen LogP contribution in [0, 0.1) is 0 Å². The van der Waals surface area contributed by atoms with E-state index in [1.165, 1.54) is 0 Å². The van der Waals surface area contributed by atoms with Crippen molar-refractivity contribution in [1.29, 1.82) is 0 Å². The molecule has 1 saturated heterocycles. The smallest absolute Gasteiger partial charge is 0.187 e. The summed E-state index contributed by atoms with van der Waals surface area (Å²) in [7, 11) is 3.34. The van der Waals surface area contributed by atoms with E-state index in [9.17, 15) is 5.11 Å². The maximum Gasteiger partial charge on any atom is 0.187 e. The molecule has 1 fully saturated rings. The van der Waals surface area contributed by atoms with Crippen LogP contribution < -0.4 is 9.47 Å². The number of hydrogen-bond donors (Lipinski definition) is 1. The van der Waals surface area contributed by atoms with E-state index in [4.69, 9.17) is 9.47 Å². The molecule has 3 rings (SSSR count). The summed E-state index contributed by atoms with van der Waals surface area (Å²) >= 11 is 1.55. The average Bonchev–Trinajstić information content (AvgIpc) is 2.76. The Balaban J connectivity index is 1.65. The first-order valence-corrected chi connectivity index (χ1v) is 11.0. The summed E-state index contributed by atoms with van der Waals surface area (Å²) in [5.41, 5.74) is 2.27. The molecule has 7 nitrogen and oxygen atoms in total. The number of aliphatic hydroxyl groups is 1. The van der Waals surface area contributed by atoms with Gasteiger partial charge in [-0.1, -0.05) is 11.8 Å². The molecule has 8 heteroatoms. The molecule has 0 saturated carbocycles. The summed E-state index contributed by atoms with van der Waals surface area (Å²) < 4.78 is 10.8. The number of rotatable bonds is 9. The maximum atomic E-state index is 9.59. The van der Waals surface area contributed by atoms with E-state index in [1.807, 2.05) is 24.7 Å². The lowest BCUT2D eigenvalue weighted by atomic mass is 10.1. The van der Waals surface area contributed by atoms with Gasteiger partial charge in [-0.2, -0.15) is 0 Å². The molecule has 29 heavy (non-hydrogen) atoms. The van der Waals surface area contributed by atoms with Gasteiger partial charge in [0.25, 0.3) is 0 Å². The number of piperazine rings is 1. The van der Waals surface area contributed by atoms with Crippen molar-refractivity contribution in [3.63, 3.8) is 0 Å². The number of aliphatic hydroxyl groups excluding tert-OH is 1. The first kappa shape index (κ1) is 21.8. The molecule has 0 unspecified atom stereocenters. The minimum Gasteiger partial charge on any atom is -0.497 e. The Kier molecular flexibility index (Phi) is 8.11. The van der Waals surface area contributed by atoms with Crippen LogP contribution in [0.1, 0.15) is 17.5 Å². The Morgan fingerprint density at radius 1 is 1.03 bits per heavy atom. The third-order valence-corrected chi connectivity index (χ3v) is 5.79. The molecule has 158 valence electrons. The Hall–Kier alpha value is -1.87. The molecule has 0 bridgehead atoms. The van der Waals surface area contributed by atoms with Crippen LogP contribution in [0.25, 0.3) is 0 Å². The van der Waals surface area contributed by atoms with Crippen molar-refractivity contribution in [3.05, 3.63) is 41.7 Å². The molecule has 1 aliphatic rings. The fraction of sp³-hybridized carbons (Fsp3) is 0.524. The van der Waals surface area contributed by atoms with Crippen molar-refractivity contribution < 1.29 is 14.6 Å². The van der Waals surface area contributed by atoms with Gasteiger partial charge in [0, 0.05) is 69.4 Å². The van der Waals surface area contributed by atoms with Crippen LogP contribution in [0.2, 0.25) is 0 Å². The molecule has 0 radical (unpaired) electrons. The van der Waals surface area contributed by atoms with Gasteiger partial charge >= 0.3 is 0 Å². The van der Waals surface area contributed by atoms with E-state index in [1.54, 1.807) is 26.0 Å². The maximum absolute atomic E-state index is 9.59. The van der Waals surface area contributed by atoms with Crippen molar-refractivity contribution >= 4 is 11.8 Å². The number of methoxy groups -OCH3 is 2. The highest BCUT2D eigenvalue weighted by molar-refractivity contribution is 7.98. The summed E-state index contributed by atoms with van der Waals surface area (Å²) in [4.78, 5) is 13.6. The summed E-state index contributed by atoms with van der Waals surface area (Å²) in [6, 6.07) is 6.28. The van der Waals surface area contributed by atoms with Gasteiger partial charge in [-0.05, 0) is 30.4 Å². The lowest BCUT2D eigenvalue weighted by Crippen LogP contribution is -2.52. The molecular formula is C21H30N4O3S. The Labute approximate surface area is 177 Å². The minimum absolute atomic E-state index is 0.183. The van der Waals surface area contributed by atoms with Gasteiger partial charge in [-0.25, -0.2) is 9.97 Å². The van der Waals surface area contributed by atoms with E-state index >= 15 is 0 Å². The zero-order valence-corrected chi connectivity index (χ0v) is 18.2. The van der Waals surface area contributed by atoms with Crippen LogP contribution in [-0.4, -0.2) is 77.6 Å². The SMILES string of the molecule is COc1cc(CN2CCN(Cc3cnc(SC)nc3)C[C@@H]2CCO)cc(OC)c1. The molecule has 2 heterocycles. The van der Waals surface area contributed by atoms with Gasteiger partial charge in [0.2, 0.25) is 0 Å². The standard InChI is InChI=1S/C21H30N4O3S/c1-27-19-8-16(9-20(10-19)28-2)14-25-6-5-24(15-18(25)4-7-26)13-17-11-22-21(29-3)23-12-17/h8-12,18,26H,4-7,13-15H2,1-3H3/t18-/m0/s1. The van der Waals surface area contributed by atoms with Gasteiger partial charge in [-0.15, -0.1) is 0 Å². The number of nitrogens with zero attached hydrogens (tertiary/aromatic N) is 4. The van der Waals surface area contributed by atoms with Crippen LogP contribution in [-0.2, 0) is 13.1 Å². The van der Waals surface area contributed by atoms with Gasteiger partial charge in [0.15, 0.2) is 5.16 Å². The molecule has 0 amide bonds. The van der Waals surface area contributed by atoms with Gasteiger partial charge < -0.3 is 14.6 Å². The van der Waals surface area contributed by atoms with E-state index in [0.29, 0.717) is 0 Å². The van der Waals surface area contributed by atoms with E-state index in [-0.39, 0.29) is 12.6 Å². The Bertz CT molecular complexity index is 753. The molecule has 0 spiro atoms. The third kappa shape index (κ3) is 6.05. The summed E-state index contributed by atoms with van der Waals surface area (Å²) in [6.45, 7) is 4.63. The highest BCUT2D eigenvalue weighted by Gasteiger charge is 2.27. The largest absolute Gasteiger partial charge is 0.497 e. The lowest BCUT2D eigenvalue weighted by molar-refractivity contribution is 0.0498. The fourth-order valence-electron chi connectivity index (χ4n) is 3.71. The number of hydrogen-bond acceptors (Lipinski definition) is 8. The van der Waals surface area contributed by atoms with Gasteiger partial charge in [-0.3, -0.25) is 9.80 Å². The Morgan fingerprint density at radius 2 is 1.72 bits per heavy atom. The van der Waals surface area contributed by atoms with Crippen molar-refractivity contribution in [2.45, 2.75) is 30.7 Å². The van der Waals surface area contributed by atoms with Crippen LogP contribution in [0.15, 0.2) is 35.7 Å². The first-order valence-electron chi connectivity index (χ1n) is 9.79. The Morgan fingerprint density at radius 3 is 2.31 bits per heavy atom. The minimum atomic E-state index is 0.183. The molecule has 2 aromatic rings. The number of benzene rings is 1. The van der Waals surface area contributed by atoms with Crippen molar-refractivity contribution in [1.82, 2.24) is 19.8 Å². The zero-order valence-electron chi connectivity index (χ0n) is 17.4. The topological polar surface area (TPSA) is 71.0 Å². The zero-order chi connectivity index (χ0) is 20.6. The molecular weight excluding hydrogens is 388 g/mol. The van der Waals surface area contributed by atoms with Crippen LogP contribution in [0.3, 0.4) is 0 Å². The quantitative estimate of drug-likeness (QED) is 0.491. The molecule has 1 atom stereocenters. The molecule has 1 aromatic heterocycles. The molecule has 1 aromatic carbocycles. The predicted octanol–water partition coefficient (Wildman–Crippen LogP) is 2.28. The molecule has 0 aliphatic carbocycles. The average molecular weight is 419 g/mol. The van der Waals surface area contributed by atoms with Crippen molar-refractivity contribution in [2.75, 3.05) is 46.7 Å². The normalized spacial score (nSPS) is 18.0. The monoisotopic (exact) mass is 418 g/mol. The van der Waals surface area contributed by atoms with Crippen LogP contribution in [0.5, 0.6) is 11.5 Å². The number of ether oxygens (including phenoxy) is 2. The van der Waals surface area contributed by atoms with Gasteiger partial charge in [0.05, 0.1) is 14.2 Å². The molecule has 1 N–H and O–H groups in total. The summed E-state index contributed by atoms with van der Waals surface area (Å²) in [6.07, 6.45) is 6.55. The lowest BCUT2D eigenvalue weighted by Gasteiger charge is -2.41. The highest BCUT2D eigenvalue weighted by Crippen LogP contribution is 2.25. The second-order valence-electron chi connectivity index (χ2n) is 7.17.